The number of nitrogens with zero attached hydrogens (tertiary/aromatic N) is 2. The van der Waals surface area contributed by atoms with Crippen molar-refractivity contribution in [2.45, 2.75) is 38.1 Å². The van der Waals surface area contributed by atoms with Gasteiger partial charge in [-0.3, -0.25) is 9.48 Å². The van der Waals surface area contributed by atoms with Gasteiger partial charge in [-0.1, -0.05) is 13.3 Å². The quantitative estimate of drug-likeness (QED) is 0.844. The Morgan fingerprint density at radius 2 is 2.16 bits per heavy atom. The van der Waals surface area contributed by atoms with Crippen LogP contribution in [0.1, 0.15) is 31.9 Å². The molecule has 0 aromatic carbocycles. The van der Waals surface area contributed by atoms with Crippen LogP contribution in [0.25, 0.3) is 0 Å². The van der Waals surface area contributed by atoms with Crippen LogP contribution in [0.15, 0.2) is 0 Å². The fourth-order valence-electron chi connectivity index (χ4n) is 2.85. The Morgan fingerprint density at radius 1 is 1.42 bits per heavy atom. The summed E-state index contributed by atoms with van der Waals surface area (Å²) in [6, 6.07) is 0. The zero-order valence-electron chi connectivity index (χ0n) is 11.5. The molecule has 6 heteroatoms. The standard InChI is InChI=1S/C13H20N4O2/c1-3-4-9-10-11(17(2)16-9)15-13(12(18)14-10)5-7-19-8-6-13/h15H,3-8H2,1-2H3,(H,14,18). The Morgan fingerprint density at radius 3 is 2.84 bits per heavy atom. The van der Waals surface area contributed by atoms with Gasteiger partial charge in [-0.25, -0.2) is 0 Å². The summed E-state index contributed by atoms with van der Waals surface area (Å²) in [6.45, 7) is 3.35. The van der Waals surface area contributed by atoms with E-state index in [1.807, 2.05) is 11.7 Å². The van der Waals surface area contributed by atoms with Crippen molar-refractivity contribution in [3.05, 3.63) is 5.69 Å². The summed E-state index contributed by atoms with van der Waals surface area (Å²) < 4.78 is 7.20. The van der Waals surface area contributed by atoms with Crippen LogP contribution in [0.5, 0.6) is 0 Å². The van der Waals surface area contributed by atoms with Gasteiger partial charge in [0, 0.05) is 33.1 Å². The molecule has 2 aliphatic heterocycles. The number of nitrogens with one attached hydrogen (secondary N) is 2. The summed E-state index contributed by atoms with van der Waals surface area (Å²) in [5.74, 6) is 0.971. The maximum Gasteiger partial charge on any atom is 0.250 e. The fourth-order valence-corrected chi connectivity index (χ4v) is 2.85. The molecule has 1 amide bonds. The fraction of sp³-hybridized carbons (Fsp3) is 0.692. The predicted molar refractivity (Wildman–Crippen MR) is 72.2 cm³/mol. The Balaban J connectivity index is 1.96. The topological polar surface area (TPSA) is 68.2 Å². The lowest BCUT2D eigenvalue weighted by molar-refractivity contribution is -0.123. The van der Waals surface area contributed by atoms with Crippen molar-refractivity contribution in [2.75, 3.05) is 23.8 Å². The van der Waals surface area contributed by atoms with E-state index in [9.17, 15) is 4.79 Å². The van der Waals surface area contributed by atoms with E-state index < -0.39 is 5.54 Å². The minimum Gasteiger partial charge on any atom is -0.381 e. The van der Waals surface area contributed by atoms with Crippen molar-refractivity contribution in [3.63, 3.8) is 0 Å². The highest BCUT2D eigenvalue weighted by Crippen LogP contribution is 2.37. The van der Waals surface area contributed by atoms with Crippen LogP contribution in [0.3, 0.4) is 0 Å². The molecule has 0 unspecified atom stereocenters. The number of aromatic nitrogens is 2. The van der Waals surface area contributed by atoms with E-state index >= 15 is 0 Å². The Labute approximate surface area is 112 Å². The van der Waals surface area contributed by atoms with Gasteiger partial charge in [0.1, 0.15) is 17.0 Å². The van der Waals surface area contributed by atoms with Crippen molar-refractivity contribution in [2.24, 2.45) is 7.05 Å². The van der Waals surface area contributed by atoms with E-state index in [4.69, 9.17) is 4.74 Å². The second-order valence-corrected chi connectivity index (χ2v) is 5.32. The molecule has 0 atom stereocenters. The van der Waals surface area contributed by atoms with Crippen LogP contribution in [-0.4, -0.2) is 34.4 Å². The summed E-state index contributed by atoms with van der Waals surface area (Å²) in [7, 11) is 1.91. The van der Waals surface area contributed by atoms with Gasteiger partial charge in [-0.15, -0.1) is 0 Å². The van der Waals surface area contributed by atoms with Crippen LogP contribution < -0.4 is 10.6 Å². The van der Waals surface area contributed by atoms with Crippen molar-refractivity contribution in [1.29, 1.82) is 0 Å². The van der Waals surface area contributed by atoms with Crippen molar-refractivity contribution in [3.8, 4) is 0 Å². The van der Waals surface area contributed by atoms with Crippen LogP contribution >= 0.6 is 0 Å². The minimum absolute atomic E-state index is 0.0497. The lowest BCUT2D eigenvalue weighted by Gasteiger charge is -2.40. The number of amides is 1. The van der Waals surface area contributed by atoms with Gasteiger partial charge in [-0.05, 0) is 6.42 Å². The van der Waals surface area contributed by atoms with Crippen LogP contribution in [0, 0.1) is 0 Å². The highest BCUT2D eigenvalue weighted by molar-refractivity contribution is 6.06. The molecule has 0 radical (unpaired) electrons. The maximum atomic E-state index is 12.4. The van der Waals surface area contributed by atoms with Gasteiger partial charge in [0.2, 0.25) is 5.91 Å². The van der Waals surface area contributed by atoms with E-state index in [0.717, 1.165) is 30.0 Å². The first-order valence-electron chi connectivity index (χ1n) is 6.89. The first-order chi connectivity index (χ1) is 9.16. The predicted octanol–water partition coefficient (Wildman–Crippen LogP) is 1.29. The van der Waals surface area contributed by atoms with E-state index in [2.05, 4.69) is 22.7 Å². The summed E-state index contributed by atoms with van der Waals surface area (Å²) in [6.07, 6.45) is 3.29. The van der Waals surface area contributed by atoms with Gasteiger partial charge < -0.3 is 15.4 Å². The van der Waals surface area contributed by atoms with E-state index in [1.165, 1.54) is 0 Å². The van der Waals surface area contributed by atoms with E-state index in [1.54, 1.807) is 0 Å². The molecule has 0 aliphatic carbocycles. The summed E-state index contributed by atoms with van der Waals surface area (Å²) in [5.41, 5.74) is 1.29. The zero-order chi connectivity index (χ0) is 13.5. The van der Waals surface area contributed by atoms with E-state index in [-0.39, 0.29) is 5.91 Å². The number of aryl methyl sites for hydroxylation is 2. The number of ether oxygens (including phenoxy) is 1. The zero-order valence-corrected chi connectivity index (χ0v) is 11.5. The average molecular weight is 264 g/mol. The highest BCUT2D eigenvalue weighted by atomic mass is 16.5. The molecule has 1 aromatic rings. The Hall–Kier alpha value is -1.56. The van der Waals surface area contributed by atoms with Crippen LogP contribution in [-0.2, 0) is 23.0 Å². The van der Waals surface area contributed by atoms with Crippen LogP contribution in [0.4, 0.5) is 11.5 Å². The average Bonchev–Trinajstić information content (AvgIpc) is 2.69. The first-order valence-corrected chi connectivity index (χ1v) is 6.89. The SMILES string of the molecule is CCCc1nn(C)c2c1NC(=O)C1(CCOCC1)N2. The first kappa shape index (κ1) is 12.5. The Bertz CT molecular complexity index is 503. The number of carbonyl (C=O) groups excluding carboxylic acids is 1. The van der Waals surface area contributed by atoms with Gasteiger partial charge in [-0.2, -0.15) is 5.10 Å². The number of fused-ring (bicyclic) bond motifs is 1. The summed E-state index contributed by atoms with van der Waals surface area (Å²) in [5, 5.41) is 11.0. The molecule has 19 heavy (non-hydrogen) atoms. The second-order valence-electron chi connectivity index (χ2n) is 5.32. The molecule has 1 aromatic heterocycles. The Kier molecular flexibility index (Phi) is 2.97. The third kappa shape index (κ3) is 1.90. The number of rotatable bonds is 2. The van der Waals surface area contributed by atoms with E-state index in [0.29, 0.717) is 26.1 Å². The molecule has 2 aliphatic rings. The van der Waals surface area contributed by atoms with Gasteiger partial charge in [0.15, 0.2) is 0 Å². The van der Waals surface area contributed by atoms with Crippen molar-refractivity contribution in [1.82, 2.24) is 9.78 Å². The number of anilines is 2. The largest absolute Gasteiger partial charge is 0.381 e. The molecular weight excluding hydrogens is 244 g/mol. The van der Waals surface area contributed by atoms with Crippen molar-refractivity contribution >= 4 is 17.4 Å². The third-order valence-corrected chi connectivity index (χ3v) is 3.98. The maximum absolute atomic E-state index is 12.4. The molecule has 1 saturated heterocycles. The molecule has 104 valence electrons. The number of hydrogen-bond acceptors (Lipinski definition) is 4. The molecule has 1 spiro atoms. The third-order valence-electron chi connectivity index (χ3n) is 3.98. The van der Waals surface area contributed by atoms with Crippen LogP contribution in [0.2, 0.25) is 0 Å². The molecule has 3 rings (SSSR count). The molecule has 2 N–H and O–H groups in total. The normalized spacial score (nSPS) is 20.8. The lowest BCUT2D eigenvalue weighted by atomic mass is 9.87. The van der Waals surface area contributed by atoms with Gasteiger partial charge >= 0.3 is 0 Å². The monoisotopic (exact) mass is 264 g/mol. The summed E-state index contributed by atoms with van der Waals surface area (Å²) in [4.78, 5) is 12.4. The molecule has 1 fully saturated rings. The lowest BCUT2D eigenvalue weighted by Crippen LogP contribution is -2.55. The minimum atomic E-state index is -0.525. The van der Waals surface area contributed by atoms with Gasteiger partial charge in [0.25, 0.3) is 0 Å². The molecular formula is C13H20N4O2. The number of hydrogen-bond donors (Lipinski definition) is 2. The second kappa shape index (κ2) is 4.52. The smallest absolute Gasteiger partial charge is 0.250 e. The highest BCUT2D eigenvalue weighted by Gasteiger charge is 2.45. The summed E-state index contributed by atoms with van der Waals surface area (Å²) >= 11 is 0. The molecule has 3 heterocycles. The number of carbonyl (C=O) groups is 1. The van der Waals surface area contributed by atoms with Gasteiger partial charge in [0.05, 0.1) is 5.69 Å². The molecule has 6 nitrogen and oxygen atoms in total. The van der Waals surface area contributed by atoms with Crippen molar-refractivity contribution < 1.29 is 9.53 Å². The molecule has 0 bridgehead atoms. The molecule has 0 saturated carbocycles.